The molecule has 110 valence electrons. The lowest BCUT2D eigenvalue weighted by molar-refractivity contribution is -0.123. The molecule has 0 aromatic heterocycles. The zero-order chi connectivity index (χ0) is 14.4. The first-order valence-electron chi connectivity index (χ1n) is 7.07. The Labute approximate surface area is 128 Å². The lowest BCUT2D eigenvalue weighted by atomic mass is 10.2. The molecule has 0 saturated heterocycles. The molecule has 5 heteroatoms. The standard InChI is InChI=1S/C15H21BrN2O2/c1-2-17-9-12-7-13(16)5-6-14(12)20-10-15(19)18-8-11-3-4-11/h5-7,11,17H,2-4,8-10H2,1H3,(H,18,19). The summed E-state index contributed by atoms with van der Waals surface area (Å²) in [5.74, 6) is 1.40. The molecular weight excluding hydrogens is 320 g/mol. The van der Waals surface area contributed by atoms with E-state index >= 15 is 0 Å². The second kappa shape index (κ2) is 7.64. The maximum absolute atomic E-state index is 11.7. The van der Waals surface area contributed by atoms with Gasteiger partial charge in [-0.1, -0.05) is 22.9 Å². The molecule has 0 radical (unpaired) electrons. The van der Waals surface area contributed by atoms with E-state index in [0.29, 0.717) is 5.92 Å². The minimum atomic E-state index is -0.0470. The summed E-state index contributed by atoms with van der Waals surface area (Å²) in [6.07, 6.45) is 2.47. The lowest BCUT2D eigenvalue weighted by Crippen LogP contribution is -2.30. The first-order chi connectivity index (χ1) is 9.69. The molecule has 1 aliphatic rings. The number of rotatable bonds is 8. The minimum absolute atomic E-state index is 0.0470. The third kappa shape index (κ3) is 5.13. The Morgan fingerprint density at radius 2 is 2.25 bits per heavy atom. The molecule has 4 nitrogen and oxygen atoms in total. The fourth-order valence-electron chi connectivity index (χ4n) is 1.86. The van der Waals surface area contributed by atoms with E-state index in [-0.39, 0.29) is 12.5 Å². The van der Waals surface area contributed by atoms with Gasteiger partial charge in [0.25, 0.3) is 5.91 Å². The molecule has 0 bridgehead atoms. The van der Waals surface area contributed by atoms with Gasteiger partial charge in [-0.2, -0.15) is 0 Å². The van der Waals surface area contributed by atoms with Crippen molar-refractivity contribution >= 4 is 21.8 Å². The van der Waals surface area contributed by atoms with E-state index < -0.39 is 0 Å². The van der Waals surface area contributed by atoms with E-state index in [4.69, 9.17) is 4.74 Å². The molecule has 1 amide bonds. The van der Waals surface area contributed by atoms with Crippen LogP contribution < -0.4 is 15.4 Å². The molecule has 1 saturated carbocycles. The zero-order valence-electron chi connectivity index (χ0n) is 11.7. The Hall–Kier alpha value is -1.07. The summed E-state index contributed by atoms with van der Waals surface area (Å²) in [7, 11) is 0. The van der Waals surface area contributed by atoms with Gasteiger partial charge in [0, 0.05) is 23.1 Å². The van der Waals surface area contributed by atoms with Crippen molar-refractivity contribution in [3.8, 4) is 5.75 Å². The summed E-state index contributed by atoms with van der Waals surface area (Å²) in [4.78, 5) is 11.7. The summed E-state index contributed by atoms with van der Waals surface area (Å²) in [6, 6.07) is 5.83. The minimum Gasteiger partial charge on any atom is -0.483 e. The van der Waals surface area contributed by atoms with Crippen molar-refractivity contribution in [3.05, 3.63) is 28.2 Å². The second-order valence-corrected chi connectivity index (χ2v) is 5.98. The predicted octanol–water partition coefficient (Wildman–Crippen LogP) is 2.46. The van der Waals surface area contributed by atoms with Crippen LogP contribution in [0, 0.1) is 5.92 Å². The molecule has 1 aliphatic carbocycles. The third-order valence-electron chi connectivity index (χ3n) is 3.23. The molecule has 0 unspecified atom stereocenters. The van der Waals surface area contributed by atoms with Gasteiger partial charge in [0.15, 0.2) is 6.61 Å². The second-order valence-electron chi connectivity index (χ2n) is 5.07. The van der Waals surface area contributed by atoms with Crippen molar-refractivity contribution in [2.24, 2.45) is 5.92 Å². The summed E-state index contributed by atoms with van der Waals surface area (Å²) in [6.45, 7) is 4.55. The number of carbonyl (C=O) groups is 1. The van der Waals surface area contributed by atoms with Crippen LogP contribution in [0.2, 0.25) is 0 Å². The van der Waals surface area contributed by atoms with Crippen LogP contribution in [0.1, 0.15) is 25.3 Å². The number of benzene rings is 1. The molecule has 1 aromatic carbocycles. The molecule has 2 N–H and O–H groups in total. The Balaban J connectivity index is 1.84. The molecule has 0 aliphatic heterocycles. The first-order valence-corrected chi connectivity index (χ1v) is 7.87. The molecule has 0 heterocycles. The largest absolute Gasteiger partial charge is 0.483 e. The van der Waals surface area contributed by atoms with Crippen LogP contribution in [0.25, 0.3) is 0 Å². The number of nitrogens with one attached hydrogen (secondary N) is 2. The smallest absolute Gasteiger partial charge is 0.257 e. The Kier molecular flexibility index (Phi) is 5.86. The van der Waals surface area contributed by atoms with Crippen molar-refractivity contribution in [1.29, 1.82) is 0 Å². The highest BCUT2D eigenvalue weighted by Gasteiger charge is 2.21. The zero-order valence-corrected chi connectivity index (χ0v) is 13.3. The third-order valence-corrected chi connectivity index (χ3v) is 3.72. The summed E-state index contributed by atoms with van der Waals surface area (Å²) >= 11 is 3.45. The first kappa shape index (κ1) is 15.3. The van der Waals surface area contributed by atoms with Crippen molar-refractivity contribution in [2.75, 3.05) is 19.7 Å². The number of ether oxygens (including phenoxy) is 1. The average Bonchev–Trinajstić information content (AvgIpc) is 3.26. The molecule has 1 aromatic rings. The van der Waals surface area contributed by atoms with Gasteiger partial charge in [-0.3, -0.25) is 4.79 Å². The fraction of sp³-hybridized carbons (Fsp3) is 0.533. The van der Waals surface area contributed by atoms with Gasteiger partial charge < -0.3 is 15.4 Å². The summed E-state index contributed by atoms with van der Waals surface area (Å²) < 4.78 is 6.64. The highest BCUT2D eigenvalue weighted by atomic mass is 79.9. The topological polar surface area (TPSA) is 50.4 Å². The highest BCUT2D eigenvalue weighted by Crippen LogP contribution is 2.27. The molecule has 2 rings (SSSR count). The van der Waals surface area contributed by atoms with Crippen LogP contribution in [0.5, 0.6) is 5.75 Å². The monoisotopic (exact) mass is 340 g/mol. The maximum Gasteiger partial charge on any atom is 0.257 e. The fourth-order valence-corrected chi connectivity index (χ4v) is 2.27. The van der Waals surface area contributed by atoms with Crippen LogP contribution in [0.15, 0.2) is 22.7 Å². The van der Waals surface area contributed by atoms with Gasteiger partial charge >= 0.3 is 0 Å². The van der Waals surface area contributed by atoms with Crippen LogP contribution in [-0.4, -0.2) is 25.6 Å². The van der Waals surface area contributed by atoms with E-state index in [1.54, 1.807) is 0 Å². The van der Waals surface area contributed by atoms with Gasteiger partial charge in [0.05, 0.1) is 0 Å². The highest BCUT2D eigenvalue weighted by molar-refractivity contribution is 9.10. The van der Waals surface area contributed by atoms with Gasteiger partial charge in [0.1, 0.15) is 5.75 Å². The quantitative estimate of drug-likeness (QED) is 0.764. The normalized spacial score (nSPS) is 14.1. The van der Waals surface area contributed by atoms with E-state index in [1.165, 1.54) is 12.8 Å². The maximum atomic E-state index is 11.7. The molecule has 20 heavy (non-hydrogen) atoms. The Morgan fingerprint density at radius 1 is 1.45 bits per heavy atom. The molecule has 0 atom stereocenters. The Bertz CT molecular complexity index is 461. The van der Waals surface area contributed by atoms with Crippen molar-refractivity contribution in [2.45, 2.75) is 26.3 Å². The number of carbonyl (C=O) groups excluding carboxylic acids is 1. The van der Waals surface area contributed by atoms with Crippen LogP contribution >= 0.6 is 15.9 Å². The van der Waals surface area contributed by atoms with Gasteiger partial charge in [0.2, 0.25) is 0 Å². The van der Waals surface area contributed by atoms with E-state index in [9.17, 15) is 4.79 Å². The van der Waals surface area contributed by atoms with Crippen LogP contribution in [-0.2, 0) is 11.3 Å². The molecule has 0 spiro atoms. The van der Waals surface area contributed by atoms with E-state index in [2.05, 4.69) is 33.5 Å². The number of amides is 1. The van der Waals surface area contributed by atoms with Crippen molar-refractivity contribution in [1.82, 2.24) is 10.6 Å². The van der Waals surface area contributed by atoms with E-state index in [1.807, 2.05) is 18.2 Å². The Morgan fingerprint density at radius 3 is 2.95 bits per heavy atom. The predicted molar refractivity (Wildman–Crippen MR) is 82.8 cm³/mol. The summed E-state index contributed by atoms with van der Waals surface area (Å²) in [5.41, 5.74) is 1.05. The van der Waals surface area contributed by atoms with Crippen molar-refractivity contribution in [3.63, 3.8) is 0 Å². The summed E-state index contributed by atoms with van der Waals surface area (Å²) in [5, 5.41) is 6.17. The number of halogens is 1. The van der Waals surface area contributed by atoms with Crippen molar-refractivity contribution < 1.29 is 9.53 Å². The SMILES string of the molecule is CCNCc1cc(Br)ccc1OCC(=O)NCC1CC1. The van der Waals surface area contributed by atoms with Crippen LogP contribution in [0.4, 0.5) is 0 Å². The van der Waals surface area contributed by atoms with E-state index in [0.717, 1.165) is 35.4 Å². The van der Waals surface area contributed by atoms with Gasteiger partial charge in [-0.15, -0.1) is 0 Å². The molecule has 1 fully saturated rings. The average molecular weight is 341 g/mol. The van der Waals surface area contributed by atoms with Gasteiger partial charge in [-0.05, 0) is 43.5 Å². The molecular formula is C15H21BrN2O2. The number of hydrogen-bond donors (Lipinski definition) is 2. The lowest BCUT2D eigenvalue weighted by Gasteiger charge is -2.12. The van der Waals surface area contributed by atoms with Crippen LogP contribution in [0.3, 0.4) is 0 Å². The van der Waals surface area contributed by atoms with Gasteiger partial charge in [-0.25, -0.2) is 0 Å². The number of hydrogen-bond acceptors (Lipinski definition) is 3.